The number of ether oxygens (including phenoxy) is 1. The molecule has 5 nitrogen and oxygen atoms in total. The van der Waals surface area contributed by atoms with E-state index in [2.05, 4.69) is 0 Å². The molecular formula is C21H21F2NO4. The maximum absolute atomic E-state index is 13.5. The highest BCUT2D eigenvalue weighted by Crippen LogP contribution is 2.44. The lowest BCUT2D eigenvalue weighted by Gasteiger charge is -2.21. The molecule has 2 aromatic rings. The Kier molecular flexibility index (Phi) is 5.63. The Hall–Kier alpha value is -2.96. The molecule has 28 heavy (non-hydrogen) atoms. The molecule has 0 saturated heterocycles. The van der Waals surface area contributed by atoms with Gasteiger partial charge in [-0.1, -0.05) is 55.5 Å². The first kappa shape index (κ1) is 19.8. The highest BCUT2D eigenvalue weighted by atomic mass is 19.3. The number of carboxylic acids is 1. The maximum Gasteiger partial charge on any atom is 0.407 e. The van der Waals surface area contributed by atoms with Crippen LogP contribution in [-0.4, -0.2) is 35.7 Å². The number of nitrogens with one attached hydrogen (secondary N) is 1. The fourth-order valence-corrected chi connectivity index (χ4v) is 3.43. The monoisotopic (exact) mass is 389 g/mol. The number of alkyl halides is 2. The molecule has 0 heterocycles. The second kappa shape index (κ2) is 7.96. The molecule has 1 unspecified atom stereocenters. The van der Waals surface area contributed by atoms with Crippen molar-refractivity contribution < 1.29 is 28.2 Å². The van der Waals surface area contributed by atoms with Crippen molar-refractivity contribution in [1.82, 2.24) is 5.32 Å². The summed E-state index contributed by atoms with van der Waals surface area (Å²) < 4.78 is 32.3. The standard InChI is InChI=1S/C21H21F2NO4/c1-2-21(22,23)11-18(19(25)26)24-20(27)28-12-17-15-9-5-3-7-13(15)14-8-4-6-10-16(14)17/h3-10,17-18H,2,11-12H2,1H3,(H,24,27)(H,25,26). The van der Waals surface area contributed by atoms with Gasteiger partial charge in [0, 0.05) is 18.8 Å². The zero-order chi connectivity index (χ0) is 20.3. The quantitative estimate of drug-likeness (QED) is 0.735. The molecule has 0 aromatic heterocycles. The fourth-order valence-electron chi connectivity index (χ4n) is 3.43. The van der Waals surface area contributed by atoms with Gasteiger partial charge in [-0.05, 0) is 22.3 Å². The highest BCUT2D eigenvalue weighted by Gasteiger charge is 2.35. The highest BCUT2D eigenvalue weighted by molar-refractivity contribution is 5.81. The van der Waals surface area contributed by atoms with Crippen molar-refractivity contribution in [3.8, 4) is 11.1 Å². The molecule has 148 valence electrons. The van der Waals surface area contributed by atoms with Crippen LogP contribution in [0.1, 0.15) is 36.8 Å². The predicted molar refractivity (Wildman–Crippen MR) is 99.5 cm³/mol. The largest absolute Gasteiger partial charge is 0.480 e. The van der Waals surface area contributed by atoms with Crippen LogP contribution >= 0.6 is 0 Å². The number of hydrogen-bond acceptors (Lipinski definition) is 3. The number of carbonyl (C=O) groups excluding carboxylic acids is 1. The number of carboxylic acid groups (broad SMARTS) is 1. The van der Waals surface area contributed by atoms with E-state index in [0.29, 0.717) is 0 Å². The summed E-state index contributed by atoms with van der Waals surface area (Å²) in [6.45, 7) is 1.24. The Morgan fingerprint density at radius 2 is 1.64 bits per heavy atom. The number of rotatable bonds is 7. The minimum atomic E-state index is -3.18. The van der Waals surface area contributed by atoms with Crippen molar-refractivity contribution in [3.05, 3.63) is 59.7 Å². The fraction of sp³-hybridized carbons (Fsp3) is 0.333. The number of amides is 1. The SMILES string of the molecule is CCC(F)(F)CC(NC(=O)OCC1c2ccccc2-c2ccccc21)C(=O)O. The number of aliphatic carboxylic acids is 1. The second-order valence-electron chi connectivity index (χ2n) is 6.77. The summed E-state index contributed by atoms with van der Waals surface area (Å²) in [6, 6.07) is 13.8. The second-order valence-corrected chi connectivity index (χ2v) is 6.77. The molecule has 1 atom stereocenters. The Bertz CT molecular complexity index is 839. The van der Waals surface area contributed by atoms with Gasteiger partial charge in [0.15, 0.2) is 0 Å². The number of alkyl carbamates (subject to hydrolysis) is 1. The molecule has 0 saturated carbocycles. The molecule has 1 amide bonds. The van der Waals surface area contributed by atoms with Crippen LogP contribution in [0.4, 0.5) is 13.6 Å². The molecule has 0 radical (unpaired) electrons. The van der Waals surface area contributed by atoms with Crippen molar-refractivity contribution >= 4 is 12.1 Å². The minimum absolute atomic E-state index is 0.0175. The Morgan fingerprint density at radius 1 is 1.11 bits per heavy atom. The van der Waals surface area contributed by atoms with Crippen molar-refractivity contribution in [2.24, 2.45) is 0 Å². The van der Waals surface area contributed by atoms with E-state index in [4.69, 9.17) is 9.84 Å². The van der Waals surface area contributed by atoms with Crippen LogP contribution in [0.2, 0.25) is 0 Å². The zero-order valence-corrected chi connectivity index (χ0v) is 15.3. The lowest BCUT2D eigenvalue weighted by Crippen LogP contribution is -2.44. The number of carbonyl (C=O) groups is 2. The molecule has 1 aliphatic carbocycles. The molecule has 2 N–H and O–H groups in total. The van der Waals surface area contributed by atoms with Crippen molar-refractivity contribution in [2.75, 3.05) is 6.61 Å². The van der Waals surface area contributed by atoms with E-state index < -0.39 is 36.9 Å². The van der Waals surface area contributed by atoms with Gasteiger partial charge in [-0.15, -0.1) is 0 Å². The summed E-state index contributed by atoms with van der Waals surface area (Å²) >= 11 is 0. The van der Waals surface area contributed by atoms with E-state index in [0.717, 1.165) is 22.3 Å². The van der Waals surface area contributed by atoms with E-state index in [1.807, 2.05) is 53.8 Å². The van der Waals surface area contributed by atoms with Gasteiger partial charge in [0.25, 0.3) is 0 Å². The first-order valence-electron chi connectivity index (χ1n) is 9.04. The summed E-state index contributed by atoms with van der Waals surface area (Å²) in [4.78, 5) is 23.3. The van der Waals surface area contributed by atoms with Gasteiger partial charge in [0.2, 0.25) is 5.92 Å². The van der Waals surface area contributed by atoms with Crippen LogP contribution in [0.25, 0.3) is 11.1 Å². The van der Waals surface area contributed by atoms with Gasteiger partial charge in [0.05, 0.1) is 0 Å². The zero-order valence-electron chi connectivity index (χ0n) is 15.3. The normalized spacial score (nSPS) is 14.1. The molecular weight excluding hydrogens is 368 g/mol. The average Bonchev–Trinajstić information content (AvgIpc) is 2.99. The first-order valence-corrected chi connectivity index (χ1v) is 9.04. The summed E-state index contributed by atoms with van der Waals surface area (Å²) in [7, 11) is 0. The van der Waals surface area contributed by atoms with Gasteiger partial charge >= 0.3 is 12.1 Å². The maximum atomic E-state index is 13.5. The molecule has 7 heteroatoms. The Morgan fingerprint density at radius 3 is 2.14 bits per heavy atom. The molecule has 0 fully saturated rings. The smallest absolute Gasteiger partial charge is 0.407 e. The summed E-state index contributed by atoms with van der Waals surface area (Å²) in [5.74, 6) is -4.90. The average molecular weight is 389 g/mol. The summed E-state index contributed by atoms with van der Waals surface area (Å²) in [5.41, 5.74) is 4.11. The van der Waals surface area contributed by atoms with E-state index in [1.165, 1.54) is 6.92 Å². The lowest BCUT2D eigenvalue weighted by molar-refractivity contribution is -0.142. The molecule has 0 spiro atoms. The van der Waals surface area contributed by atoms with E-state index >= 15 is 0 Å². The lowest BCUT2D eigenvalue weighted by atomic mass is 9.98. The van der Waals surface area contributed by atoms with Crippen LogP contribution < -0.4 is 5.32 Å². The van der Waals surface area contributed by atoms with E-state index in [1.54, 1.807) is 0 Å². The molecule has 0 aliphatic heterocycles. The van der Waals surface area contributed by atoms with E-state index in [9.17, 15) is 18.4 Å². The Balaban J connectivity index is 1.68. The molecule has 0 bridgehead atoms. The van der Waals surface area contributed by atoms with Gasteiger partial charge in [-0.3, -0.25) is 0 Å². The van der Waals surface area contributed by atoms with Crippen LogP contribution in [0.3, 0.4) is 0 Å². The van der Waals surface area contributed by atoms with Gasteiger partial charge in [0.1, 0.15) is 12.6 Å². The third kappa shape index (κ3) is 4.13. The first-order chi connectivity index (χ1) is 13.3. The topological polar surface area (TPSA) is 75.6 Å². The third-order valence-electron chi connectivity index (χ3n) is 4.95. The van der Waals surface area contributed by atoms with E-state index in [-0.39, 0.29) is 12.5 Å². The predicted octanol–water partition coefficient (Wildman–Crippen LogP) is 4.41. The number of halogens is 2. The summed E-state index contributed by atoms with van der Waals surface area (Å²) in [5, 5.41) is 11.2. The van der Waals surface area contributed by atoms with Crippen LogP contribution in [-0.2, 0) is 9.53 Å². The van der Waals surface area contributed by atoms with Gasteiger partial charge < -0.3 is 15.2 Å². The van der Waals surface area contributed by atoms with Crippen LogP contribution in [0.5, 0.6) is 0 Å². The van der Waals surface area contributed by atoms with Crippen molar-refractivity contribution in [2.45, 2.75) is 37.6 Å². The summed E-state index contributed by atoms with van der Waals surface area (Å²) in [6.07, 6.45) is -2.52. The third-order valence-corrected chi connectivity index (χ3v) is 4.95. The molecule has 3 rings (SSSR count). The van der Waals surface area contributed by atoms with Crippen LogP contribution in [0, 0.1) is 0 Å². The van der Waals surface area contributed by atoms with Crippen molar-refractivity contribution in [3.63, 3.8) is 0 Å². The van der Waals surface area contributed by atoms with Gasteiger partial charge in [-0.25, -0.2) is 18.4 Å². The van der Waals surface area contributed by atoms with Crippen molar-refractivity contribution in [1.29, 1.82) is 0 Å². The Labute approximate surface area is 161 Å². The number of fused-ring (bicyclic) bond motifs is 3. The van der Waals surface area contributed by atoms with Crippen LogP contribution in [0.15, 0.2) is 48.5 Å². The molecule has 1 aliphatic rings. The number of benzene rings is 2. The molecule has 2 aromatic carbocycles. The minimum Gasteiger partial charge on any atom is -0.480 e. The van der Waals surface area contributed by atoms with Gasteiger partial charge in [-0.2, -0.15) is 0 Å². The number of hydrogen-bond donors (Lipinski definition) is 2.